The van der Waals surface area contributed by atoms with Crippen molar-refractivity contribution < 1.29 is 0 Å². The lowest BCUT2D eigenvalue weighted by molar-refractivity contribution is 0.280. The van der Waals surface area contributed by atoms with Gasteiger partial charge in [-0.3, -0.25) is 4.98 Å². The summed E-state index contributed by atoms with van der Waals surface area (Å²) in [5.41, 5.74) is 9.00. The van der Waals surface area contributed by atoms with E-state index in [-0.39, 0.29) is 6.04 Å². The summed E-state index contributed by atoms with van der Waals surface area (Å²) in [7, 11) is 0. The van der Waals surface area contributed by atoms with E-state index in [9.17, 15) is 0 Å². The first kappa shape index (κ1) is 11.2. The second-order valence-corrected chi connectivity index (χ2v) is 5.77. The molecule has 4 unspecified atom stereocenters. The van der Waals surface area contributed by atoms with Crippen LogP contribution in [0.15, 0.2) is 18.3 Å². The lowest BCUT2D eigenvalue weighted by atomic mass is 9.81. The van der Waals surface area contributed by atoms with Crippen LogP contribution in [0.5, 0.6) is 0 Å². The van der Waals surface area contributed by atoms with Crippen LogP contribution in [0.4, 0.5) is 0 Å². The maximum atomic E-state index is 6.50. The molecule has 1 aromatic heterocycles. The second kappa shape index (κ2) is 4.41. The maximum absolute atomic E-state index is 6.50. The van der Waals surface area contributed by atoms with Crippen LogP contribution in [0, 0.1) is 17.8 Å². The molecule has 2 saturated carbocycles. The predicted octanol–water partition coefficient (Wildman–Crippen LogP) is 3.08. The lowest BCUT2D eigenvalue weighted by Crippen LogP contribution is -2.27. The fourth-order valence-corrected chi connectivity index (χ4v) is 3.99. The highest BCUT2D eigenvalue weighted by atomic mass is 14.8. The van der Waals surface area contributed by atoms with E-state index in [1.165, 1.54) is 31.2 Å². The van der Waals surface area contributed by atoms with Crippen LogP contribution in [-0.2, 0) is 6.42 Å². The van der Waals surface area contributed by atoms with Crippen molar-refractivity contribution in [3.63, 3.8) is 0 Å². The molecule has 1 aromatic rings. The first-order valence-corrected chi connectivity index (χ1v) is 6.99. The average Bonchev–Trinajstić information content (AvgIpc) is 3.00. The van der Waals surface area contributed by atoms with Crippen molar-refractivity contribution in [3.05, 3.63) is 29.6 Å². The summed E-state index contributed by atoms with van der Waals surface area (Å²) in [6, 6.07) is 4.37. The van der Waals surface area contributed by atoms with Gasteiger partial charge in [-0.05, 0) is 55.1 Å². The number of nitrogens with two attached hydrogens (primary N) is 1. The van der Waals surface area contributed by atoms with E-state index in [4.69, 9.17) is 5.73 Å². The summed E-state index contributed by atoms with van der Waals surface area (Å²) in [6.07, 6.45) is 8.53. The first-order valence-electron chi connectivity index (χ1n) is 6.99. The van der Waals surface area contributed by atoms with E-state index in [2.05, 4.69) is 18.0 Å². The Morgan fingerprint density at radius 2 is 2.29 bits per heavy atom. The molecule has 0 amide bonds. The number of fused-ring (bicyclic) bond motifs is 2. The van der Waals surface area contributed by atoms with Crippen molar-refractivity contribution in [1.29, 1.82) is 0 Å². The van der Waals surface area contributed by atoms with Crippen LogP contribution in [0.2, 0.25) is 0 Å². The molecule has 0 radical (unpaired) electrons. The van der Waals surface area contributed by atoms with Gasteiger partial charge in [0.2, 0.25) is 0 Å². The van der Waals surface area contributed by atoms with E-state index >= 15 is 0 Å². The number of hydrogen-bond donors (Lipinski definition) is 1. The van der Waals surface area contributed by atoms with Crippen LogP contribution >= 0.6 is 0 Å². The third-order valence-electron chi connectivity index (χ3n) is 4.88. The molecule has 2 heteroatoms. The summed E-state index contributed by atoms with van der Waals surface area (Å²) in [4.78, 5) is 4.55. The van der Waals surface area contributed by atoms with Gasteiger partial charge >= 0.3 is 0 Å². The van der Waals surface area contributed by atoms with Crippen LogP contribution in [-0.4, -0.2) is 4.98 Å². The summed E-state index contributed by atoms with van der Waals surface area (Å²) >= 11 is 0. The largest absolute Gasteiger partial charge is 0.322 e. The Hall–Kier alpha value is -0.890. The summed E-state index contributed by atoms with van der Waals surface area (Å²) in [5, 5.41) is 0. The predicted molar refractivity (Wildman–Crippen MR) is 69.5 cm³/mol. The van der Waals surface area contributed by atoms with Crippen molar-refractivity contribution in [2.24, 2.45) is 23.5 Å². The fourth-order valence-electron chi connectivity index (χ4n) is 3.99. The molecular weight excluding hydrogens is 208 g/mol. The van der Waals surface area contributed by atoms with Crippen LogP contribution < -0.4 is 5.73 Å². The SMILES string of the molecule is CCc1cccnc1C(N)C1CC2CCC1C2. The highest BCUT2D eigenvalue weighted by Crippen LogP contribution is 2.51. The van der Waals surface area contributed by atoms with Crippen LogP contribution in [0.3, 0.4) is 0 Å². The smallest absolute Gasteiger partial charge is 0.0605 e. The van der Waals surface area contributed by atoms with E-state index in [1.54, 1.807) is 0 Å². The monoisotopic (exact) mass is 230 g/mol. The fraction of sp³-hybridized carbons (Fsp3) is 0.667. The molecule has 2 fully saturated rings. The first-order chi connectivity index (χ1) is 8.29. The van der Waals surface area contributed by atoms with Gasteiger partial charge in [-0.1, -0.05) is 19.4 Å². The summed E-state index contributed by atoms with van der Waals surface area (Å²) < 4.78 is 0. The zero-order chi connectivity index (χ0) is 11.8. The Kier molecular flexibility index (Phi) is 2.91. The van der Waals surface area contributed by atoms with E-state index in [1.807, 2.05) is 12.3 Å². The highest BCUT2D eigenvalue weighted by Gasteiger charge is 2.43. The molecule has 2 nitrogen and oxygen atoms in total. The van der Waals surface area contributed by atoms with Crippen molar-refractivity contribution in [1.82, 2.24) is 4.98 Å². The molecule has 1 heterocycles. The molecule has 2 aliphatic rings. The average molecular weight is 230 g/mol. The van der Waals surface area contributed by atoms with E-state index in [0.717, 1.165) is 24.0 Å². The van der Waals surface area contributed by atoms with Gasteiger partial charge in [-0.2, -0.15) is 0 Å². The standard InChI is InChI=1S/C15H22N2/c1-2-11-4-3-7-17-15(11)14(16)13-9-10-5-6-12(13)8-10/h3-4,7,10,12-14H,2,5-6,8-9,16H2,1H3. The molecular formula is C15H22N2. The van der Waals surface area contributed by atoms with Crippen LogP contribution in [0.25, 0.3) is 0 Å². The Labute approximate surface area is 104 Å². The summed E-state index contributed by atoms with van der Waals surface area (Å²) in [6.45, 7) is 2.19. The topological polar surface area (TPSA) is 38.9 Å². The van der Waals surface area contributed by atoms with E-state index < -0.39 is 0 Å². The van der Waals surface area contributed by atoms with Gasteiger partial charge in [-0.15, -0.1) is 0 Å². The minimum Gasteiger partial charge on any atom is -0.322 e. The highest BCUT2D eigenvalue weighted by molar-refractivity contribution is 5.24. The molecule has 0 saturated heterocycles. The molecule has 92 valence electrons. The Morgan fingerprint density at radius 1 is 1.41 bits per heavy atom. The van der Waals surface area contributed by atoms with Gasteiger partial charge in [0.25, 0.3) is 0 Å². The quantitative estimate of drug-likeness (QED) is 0.866. The number of aromatic nitrogens is 1. The van der Waals surface area contributed by atoms with Gasteiger partial charge in [0.1, 0.15) is 0 Å². The zero-order valence-electron chi connectivity index (χ0n) is 10.6. The zero-order valence-corrected chi connectivity index (χ0v) is 10.6. The normalized spacial score (nSPS) is 32.9. The molecule has 4 atom stereocenters. The van der Waals surface area contributed by atoms with Crippen molar-refractivity contribution in [2.45, 2.75) is 45.1 Å². The minimum atomic E-state index is 0.168. The van der Waals surface area contributed by atoms with Gasteiger partial charge < -0.3 is 5.73 Å². The third kappa shape index (κ3) is 1.89. The lowest BCUT2D eigenvalue weighted by Gasteiger charge is -2.28. The Bertz CT molecular complexity index is 402. The number of hydrogen-bond acceptors (Lipinski definition) is 2. The van der Waals surface area contributed by atoms with Crippen molar-refractivity contribution in [2.75, 3.05) is 0 Å². The van der Waals surface area contributed by atoms with E-state index in [0.29, 0.717) is 5.92 Å². The molecule has 0 aromatic carbocycles. The molecule has 0 spiro atoms. The van der Waals surface area contributed by atoms with Crippen LogP contribution in [0.1, 0.15) is 49.9 Å². The van der Waals surface area contributed by atoms with Gasteiger partial charge in [0.15, 0.2) is 0 Å². The number of pyridine rings is 1. The van der Waals surface area contributed by atoms with Gasteiger partial charge in [0.05, 0.1) is 11.7 Å². The molecule has 3 rings (SSSR count). The second-order valence-electron chi connectivity index (χ2n) is 5.77. The third-order valence-corrected chi connectivity index (χ3v) is 4.88. The number of nitrogens with zero attached hydrogens (tertiary/aromatic N) is 1. The van der Waals surface area contributed by atoms with Gasteiger partial charge in [-0.25, -0.2) is 0 Å². The van der Waals surface area contributed by atoms with Crippen molar-refractivity contribution in [3.8, 4) is 0 Å². The minimum absolute atomic E-state index is 0.168. The number of rotatable bonds is 3. The molecule has 2 bridgehead atoms. The van der Waals surface area contributed by atoms with Gasteiger partial charge in [0, 0.05) is 6.20 Å². The number of aryl methyl sites for hydroxylation is 1. The van der Waals surface area contributed by atoms with Crippen molar-refractivity contribution >= 4 is 0 Å². The molecule has 2 N–H and O–H groups in total. The maximum Gasteiger partial charge on any atom is 0.0605 e. The Balaban J connectivity index is 1.84. The molecule has 2 aliphatic carbocycles. The Morgan fingerprint density at radius 3 is 2.94 bits per heavy atom. The summed E-state index contributed by atoms with van der Waals surface area (Å²) in [5.74, 6) is 2.53. The molecule has 17 heavy (non-hydrogen) atoms. The molecule has 0 aliphatic heterocycles.